The molecule has 110 valence electrons. The van der Waals surface area contributed by atoms with Crippen LogP contribution in [0.4, 0.5) is 0 Å². The molecule has 0 amide bonds. The fourth-order valence-corrected chi connectivity index (χ4v) is 3.14. The topological polar surface area (TPSA) is 21.3 Å². The maximum absolute atomic E-state index is 6.00. The molecule has 0 saturated heterocycles. The normalized spacial score (nSPS) is 15.1. The van der Waals surface area contributed by atoms with Crippen molar-refractivity contribution in [2.24, 2.45) is 0 Å². The summed E-state index contributed by atoms with van der Waals surface area (Å²) in [5, 5.41) is 3.63. The van der Waals surface area contributed by atoms with E-state index in [1.165, 1.54) is 22.3 Å². The Morgan fingerprint density at radius 1 is 1.10 bits per heavy atom. The average Bonchev–Trinajstić information content (AvgIpc) is 2.53. The maximum Gasteiger partial charge on any atom is 0.127 e. The van der Waals surface area contributed by atoms with Gasteiger partial charge in [0.15, 0.2) is 0 Å². The summed E-state index contributed by atoms with van der Waals surface area (Å²) in [5.74, 6) is 1.10. The van der Waals surface area contributed by atoms with Crippen molar-refractivity contribution in [3.63, 3.8) is 0 Å². The molecule has 0 fully saturated rings. The number of ether oxygens (including phenoxy) is 1. The van der Waals surface area contributed by atoms with Gasteiger partial charge in [0.2, 0.25) is 0 Å². The Balaban J connectivity index is 2.08. The van der Waals surface area contributed by atoms with E-state index in [9.17, 15) is 0 Å². The molecule has 2 aromatic rings. The standard InChI is InChI=1S/C19H23NO/c1-3-20-18(16-11-5-4-8-14(16)2)17-12-6-9-15-10-7-13-21-19(15)17/h4-6,8-9,11-12,18,20H,3,7,10,13H2,1-2H3. The third-order valence-corrected chi connectivity index (χ3v) is 4.18. The van der Waals surface area contributed by atoms with Crippen LogP contribution in [0.25, 0.3) is 0 Å². The zero-order valence-electron chi connectivity index (χ0n) is 12.9. The van der Waals surface area contributed by atoms with Crippen LogP contribution in [0.5, 0.6) is 5.75 Å². The van der Waals surface area contributed by atoms with E-state index >= 15 is 0 Å². The monoisotopic (exact) mass is 281 g/mol. The van der Waals surface area contributed by atoms with Crippen molar-refractivity contribution >= 4 is 0 Å². The van der Waals surface area contributed by atoms with Gasteiger partial charge in [0.25, 0.3) is 0 Å². The van der Waals surface area contributed by atoms with Gasteiger partial charge in [-0.1, -0.05) is 49.4 Å². The third-order valence-electron chi connectivity index (χ3n) is 4.18. The fraction of sp³-hybridized carbons (Fsp3) is 0.368. The number of rotatable bonds is 4. The van der Waals surface area contributed by atoms with Crippen LogP contribution in [0.15, 0.2) is 42.5 Å². The van der Waals surface area contributed by atoms with Gasteiger partial charge in [-0.3, -0.25) is 0 Å². The van der Waals surface area contributed by atoms with E-state index in [0.717, 1.165) is 31.7 Å². The van der Waals surface area contributed by atoms with Crippen LogP contribution in [0.2, 0.25) is 0 Å². The predicted octanol–water partition coefficient (Wildman–Crippen LogP) is 4.02. The molecule has 0 spiro atoms. The molecule has 0 aliphatic carbocycles. The summed E-state index contributed by atoms with van der Waals surface area (Å²) in [4.78, 5) is 0. The summed E-state index contributed by atoms with van der Waals surface area (Å²) in [6.45, 7) is 6.09. The van der Waals surface area contributed by atoms with Crippen molar-refractivity contribution in [3.8, 4) is 5.75 Å². The predicted molar refractivity (Wildman–Crippen MR) is 87.0 cm³/mol. The number of fused-ring (bicyclic) bond motifs is 1. The average molecular weight is 281 g/mol. The molecule has 1 N–H and O–H groups in total. The molecule has 1 aliphatic rings. The zero-order chi connectivity index (χ0) is 14.7. The molecule has 2 nitrogen and oxygen atoms in total. The van der Waals surface area contributed by atoms with Crippen LogP contribution < -0.4 is 10.1 Å². The molecule has 2 aromatic carbocycles. The molecule has 0 bridgehead atoms. The largest absolute Gasteiger partial charge is 0.493 e. The second-order valence-corrected chi connectivity index (χ2v) is 5.63. The third kappa shape index (κ3) is 2.81. The molecule has 3 rings (SSSR count). The van der Waals surface area contributed by atoms with Gasteiger partial charge in [0, 0.05) is 5.56 Å². The van der Waals surface area contributed by atoms with Gasteiger partial charge in [0.1, 0.15) is 5.75 Å². The maximum atomic E-state index is 6.00. The highest BCUT2D eigenvalue weighted by Crippen LogP contribution is 2.36. The lowest BCUT2D eigenvalue weighted by Gasteiger charge is -2.27. The zero-order valence-corrected chi connectivity index (χ0v) is 12.9. The number of para-hydroxylation sites is 1. The Morgan fingerprint density at radius 2 is 1.90 bits per heavy atom. The van der Waals surface area contributed by atoms with Crippen LogP contribution in [-0.2, 0) is 6.42 Å². The smallest absolute Gasteiger partial charge is 0.127 e. The lowest BCUT2D eigenvalue weighted by molar-refractivity contribution is 0.283. The molecular weight excluding hydrogens is 258 g/mol. The highest BCUT2D eigenvalue weighted by atomic mass is 16.5. The number of aryl methyl sites for hydroxylation is 2. The summed E-state index contributed by atoms with van der Waals surface area (Å²) in [6, 6.07) is 15.3. The Kier molecular flexibility index (Phi) is 4.26. The summed E-state index contributed by atoms with van der Waals surface area (Å²) in [5.41, 5.74) is 5.26. The summed E-state index contributed by atoms with van der Waals surface area (Å²) < 4.78 is 6.00. The number of hydrogen-bond donors (Lipinski definition) is 1. The number of hydrogen-bond acceptors (Lipinski definition) is 2. The van der Waals surface area contributed by atoms with Gasteiger partial charge in [-0.15, -0.1) is 0 Å². The molecular formula is C19H23NO. The van der Waals surface area contributed by atoms with Crippen molar-refractivity contribution in [3.05, 3.63) is 64.7 Å². The minimum atomic E-state index is 0.198. The van der Waals surface area contributed by atoms with Gasteiger partial charge in [-0.2, -0.15) is 0 Å². The Hall–Kier alpha value is -1.80. The van der Waals surface area contributed by atoms with Crippen LogP contribution in [0, 0.1) is 6.92 Å². The minimum Gasteiger partial charge on any atom is -0.493 e. The molecule has 1 atom stereocenters. The summed E-state index contributed by atoms with van der Waals surface area (Å²) in [6.07, 6.45) is 2.24. The van der Waals surface area contributed by atoms with Crippen LogP contribution in [0.1, 0.15) is 41.6 Å². The lowest BCUT2D eigenvalue weighted by atomic mass is 9.91. The first-order valence-electron chi connectivity index (χ1n) is 7.84. The van der Waals surface area contributed by atoms with E-state index in [4.69, 9.17) is 4.74 Å². The Bertz CT molecular complexity index is 621. The van der Waals surface area contributed by atoms with E-state index in [1.807, 2.05) is 0 Å². The van der Waals surface area contributed by atoms with Crippen LogP contribution in [-0.4, -0.2) is 13.2 Å². The molecule has 0 aromatic heterocycles. The SMILES string of the molecule is CCNC(c1ccccc1C)c1cccc2c1OCCC2. The number of nitrogens with one attached hydrogen (secondary N) is 1. The molecule has 21 heavy (non-hydrogen) atoms. The van der Waals surface area contributed by atoms with Gasteiger partial charge >= 0.3 is 0 Å². The highest BCUT2D eigenvalue weighted by molar-refractivity contribution is 5.49. The van der Waals surface area contributed by atoms with E-state index in [-0.39, 0.29) is 6.04 Å². The molecule has 1 heterocycles. The fourth-order valence-electron chi connectivity index (χ4n) is 3.14. The van der Waals surface area contributed by atoms with Gasteiger partial charge in [-0.05, 0) is 43.0 Å². The second kappa shape index (κ2) is 6.31. The lowest BCUT2D eigenvalue weighted by Crippen LogP contribution is -2.24. The molecule has 1 aliphatic heterocycles. The first-order valence-corrected chi connectivity index (χ1v) is 7.84. The molecule has 1 unspecified atom stereocenters. The van der Waals surface area contributed by atoms with Crippen molar-refractivity contribution in [2.75, 3.05) is 13.2 Å². The molecule has 0 radical (unpaired) electrons. The first kappa shape index (κ1) is 14.2. The van der Waals surface area contributed by atoms with E-state index < -0.39 is 0 Å². The van der Waals surface area contributed by atoms with E-state index in [2.05, 4.69) is 61.6 Å². The van der Waals surface area contributed by atoms with Crippen molar-refractivity contribution < 1.29 is 4.74 Å². The summed E-state index contributed by atoms with van der Waals surface area (Å²) >= 11 is 0. The first-order chi connectivity index (χ1) is 10.3. The number of benzene rings is 2. The minimum absolute atomic E-state index is 0.198. The van der Waals surface area contributed by atoms with Crippen molar-refractivity contribution in [2.45, 2.75) is 32.7 Å². The van der Waals surface area contributed by atoms with Gasteiger partial charge in [-0.25, -0.2) is 0 Å². The van der Waals surface area contributed by atoms with Gasteiger partial charge in [0.05, 0.1) is 12.6 Å². The van der Waals surface area contributed by atoms with Crippen LogP contribution >= 0.6 is 0 Å². The van der Waals surface area contributed by atoms with E-state index in [0.29, 0.717) is 0 Å². The van der Waals surface area contributed by atoms with Crippen molar-refractivity contribution in [1.29, 1.82) is 0 Å². The van der Waals surface area contributed by atoms with Crippen LogP contribution in [0.3, 0.4) is 0 Å². The summed E-state index contributed by atoms with van der Waals surface area (Å²) in [7, 11) is 0. The molecule has 0 saturated carbocycles. The van der Waals surface area contributed by atoms with Crippen molar-refractivity contribution in [1.82, 2.24) is 5.32 Å². The Morgan fingerprint density at radius 3 is 2.71 bits per heavy atom. The Labute approximate surface area is 127 Å². The quantitative estimate of drug-likeness (QED) is 0.914. The molecule has 2 heteroatoms. The van der Waals surface area contributed by atoms with E-state index in [1.54, 1.807) is 0 Å². The van der Waals surface area contributed by atoms with Gasteiger partial charge < -0.3 is 10.1 Å². The highest BCUT2D eigenvalue weighted by Gasteiger charge is 2.22. The second-order valence-electron chi connectivity index (χ2n) is 5.63.